The average Bonchev–Trinajstić information content (AvgIpc) is 3.37. The summed E-state index contributed by atoms with van der Waals surface area (Å²) in [5.41, 5.74) is 6.83. The number of rotatable bonds is 7. The predicted octanol–water partition coefficient (Wildman–Crippen LogP) is 7.32. The first-order valence-corrected chi connectivity index (χ1v) is 13.9. The van der Waals surface area contributed by atoms with Crippen LogP contribution in [0, 0.1) is 0 Å². The molecule has 0 radical (unpaired) electrons. The van der Waals surface area contributed by atoms with Gasteiger partial charge in [-0.05, 0) is 62.2 Å². The fourth-order valence-electron chi connectivity index (χ4n) is 3.13. The van der Waals surface area contributed by atoms with Crippen LogP contribution in [-0.4, -0.2) is 23.6 Å². The molecular formula is C33H55N5. The third-order valence-corrected chi connectivity index (χ3v) is 5.23. The van der Waals surface area contributed by atoms with E-state index in [-0.39, 0.29) is 0 Å². The summed E-state index contributed by atoms with van der Waals surface area (Å²) in [5.74, 6) is 0. The number of hydrogen-bond acceptors (Lipinski definition) is 4. The van der Waals surface area contributed by atoms with Gasteiger partial charge in [-0.15, -0.1) is 0 Å². The average molecular weight is 522 g/mol. The fourth-order valence-corrected chi connectivity index (χ4v) is 3.13. The van der Waals surface area contributed by atoms with E-state index < -0.39 is 0 Å². The van der Waals surface area contributed by atoms with Crippen LogP contribution in [0.2, 0.25) is 0 Å². The summed E-state index contributed by atoms with van der Waals surface area (Å²) in [5, 5.41) is 11.4. The van der Waals surface area contributed by atoms with Gasteiger partial charge in [-0.1, -0.05) is 91.1 Å². The molecule has 2 aromatic carbocycles. The predicted molar refractivity (Wildman–Crippen MR) is 173 cm³/mol. The Morgan fingerprint density at radius 3 is 1.89 bits per heavy atom. The number of allylic oxidation sites excluding steroid dienone is 1. The van der Waals surface area contributed by atoms with Crippen LogP contribution >= 0.6 is 0 Å². The van der Waals surface area contributed by atoms with Gasteiger partial charge in [-0.25, -0.2) is 4.98 Å². The number of anilines is 1. The number of aromatic nitrogens is 2. The molecule has 3 N–H and O–H groups in total. The van der Waals surface area contributed by atoms with Crippen molar-refractivity contribution < 1.29 is 0 Å². The molecule has 212 valence electrons. The smallest absolute Gasteiger partial charge is 0.106 e. The Hall–Kier alpha value is -3.47. The summed E-state index contributed by atoms with van der Waals surface area (Å²) in [4.78, 5) is 4.51. The van der Waals surface area contributed by atoms with Gasteiger partial charge < -0.3 is 20.5 Å². The van der Waals surface area contributed by atoms with Crippen molar-refractivity contribution in [2.24, 2.45) is 0 Å². The van der Waals surface area contributed by atoms with Crippen LogP contribution in [0.15, 0.2) is 67.1 Å². The molecule has 3 rings (SSSR count). The molecule has 0 aliphatic heterocycles. The van der Waals surface area contributed by atoms with Crippen molar-refractivity contribution in [2.45, 2.75) is 81.8 Å². The first kappa shape index (κ1) is 36.7. The lowest BCUT2D eigenvalue weighted by Gasteiger charge is -2.09. The zero-order valence-electron chi connectivity index (χ0n) is 26.3. The molecule has 0 amide bonds. The second-order valence-corrected chi connectivity index (χ2v) is 8.08. The minimum atomic E-state index is 0.362. The molecular weight excluding hydrogens is 466 g/mol. The van der Waals surface area contributed by atoms with Crippen LogP contribution in [0.1, 0.15) is 80.8 Å². The Balaban J connectivity index is 0. The minimum absolute atomic E-state index is 0.362. The van der Waals surface area contributed by atoms with Gasteiger partial charge in [0, 0.05) is 38.1 Å². The minimum Gasteiger partial charge on any atom is -0.392 e. The molecule has 0 saturated carbocycles. The number of benzene rings is 2. The Morgan fingerprint density at radius 2 is 1.45 bits per heavy atom. The van der Waals surface area contributed by atoms with E-state index in [2.05, 4.69) is 108 Å². The number of hydrogen-bond donors (Lipinski definition) is 3. The van der Waals surface area contributed by atoms with Crippen LogP contribution in [0.25, 0.3) is 23.4 Å². The molecule has 0 saturated heterocycles. The molecule has 0 spiro atoms. The molecule has 0 atom stereocenters. The summed E-state index contributed by atoms with van der Waals surface area (Å²) < 4.78 is 2.09. The van der Waals surface area contributed by atoms with Crippen molar-refractivity contribution in [2.75, 3.05) is 19.4 Å². The van der Waals surface area contributed by atoms with E-state index in [1.54, 1.807) is 0 Å². The molecule has 1 aromatic heterocycles. The van der Waals surface area contributed by atoms with E-state index in [1.165, 1.54) is 16.7 Å². The van der Waals surface area contributed by atoms with Gasteiger partial charge in [-0.3, -0.25) is 0 Å². The second-order valence-electron chi connectivity index (χ2n) is 8.08. The molecule has 5 heteroatoms. The zero-order valence-corrected chi connectivity index (χ0v) is 26.3. The lowest BCUT2D eigenvalue weighted by Crippen LogP contribution is -2.34. The third kappa shape index (κ3) is 12.7. The van der Waals surface area contributed by atoms with Gasteiger partial charge in [0.2, 0.25) is 0 Å². The topological polar surface area (TPSA) is 53.9 Å². The maximum atomic E-state index is 4.51. The molecule has 1 heterocycles. The maximum absolute atomic E-state index is 4.51. The van der Waals surface area contributed by atoms with Crippen LogP contribution in [0.3, 0.4) is 0 Å². The molecule has 3 aromatic rings. The van der Waals surface area contributed by atoms with Crippen LogP contribution < -0.4 is 26.6 Å². The van der Waals surface area contributed by atoms with E-state index in [1.807, 2.05) is 68.9 Å². The zero-order chi connectivity index (χ0) is 29.7. The summed E-state index contributed by atoms with van der Waals surface area (Å²) in [7, 11) is 3.79. The Morgan fingerprint density at radius 1 is 0.895 bits per heavy atom. The first-order chi connectivity index (χ1) is 18.3. The summed E-state index contributed by atoms with van der Waals surface area (Å²) >= 11 is 0. The highest BCUT2D eigenvalue weighted by molar-refractivity contribution is 5.68. The summed E-state index contributed by atoms with van der Waals surface area (Å²) in [6.07, 6.45) is 1.86. The molecule has 0 aliphatic carbocycles. The van der Waals surface area contributed by atoms with E-state index in [0.29, 0.717) is 6.04 Å². The van der Waals surface area contributed by atoms with E-state index >= 15 is 0 Å². The quantitative estimate of drug-likeness (QED) is 0.305. The highest BCUT2D eigenvalue weighted by atomic mass is 15.1. The highest BCUT2D eigenvalue weighted by Crippen LogP contribution is 2.22. The standard InChI is InChI=1S/C23H28N4.C4H9N.3C2H6/c1-16(2)27-15-26-23(18(27)4)17(3)25-14-19-9-11-20(12-10-19)21-7-6-8-22(13-21)24-5;1-4(2)5-3;3*1-2/h6-13,15-16,24-25H,4,14H2,1-3,5H3;5H,1H2,2-3H3;3*1-2H3/b23-17-;;;;. The van der Waals surface area contributed by atoms with Crippen LogP contribution in [-0.2, 0) is 6.54 Å². The van der Waals surface area contributed by atoms with Gasteiger partial charge >= 0.3 is 0 Å². The monoisotopic (exact) mass is 521 g/mol. The SMILES string of the molecule is C=C(C)NC.C=c1/c(=C(\C)NCc2ccc(-c3cccc(NC)c3)cc2)ncn1C(C)C.CC.CC.CC. The summed E-state index contributed by atoms with van der Waals surface area (Å²) in [6, 6.07) is 17.5. The Bertz CT molecular complexity index is 1120. The normalized spacial score (nSPS) is 10.0. The Labute approximate surface area is 233 Å². The van der Waals surface area contributed by atoms with Crippen molar-refractivity contribution in [3.8, 4) is 11.1 Å². The van der Waals surface area contributed by atoms with E-state index in [0.717, 1.165) is 34.3 Å². The lowest BCUT2D eigenvalue weighted by molar-refractivity contribution is 0.586. The molecule has 0 aliphatic rings. The van der Waals surface area contributed by atoms with Crippen molar-refractivity contribution in [1.29, 1.82) is 0 Å². The maximum Gasteiger partial charge on any atom is 0.106 e. The first-order valence-electron chi connectivity index (χ1n) is 13.9. The Kier molecular flexibility index (Phi) is 20.9. The molecule has 5 nitrogen and oxygen atoms in total. The molecule has 38 heavy (non-hydrogen) atoms. The van der Waals surface area contributed by atoms with Gasteiger partial charge in [0.15, 0.2) is 0 Å². The van der Waals surface area contributed by atoms with Crippen molar-refractivity contribution in [1.82, 2.24) is 20.2 Å². The van der Waals surface area contributed by atoms with Gasteiger partial charge in [-0.2, -0.15) is 0 Å². The van der Waals surface area contributed by atoms with Gasteiger partial charge in [0.05, 0.1) is 11.7 Å². The number of nitrogens with zero attached hydrogens (tertiary/aromatic N) is 2. The summed E-state index contributed by atoms with van der Waals surface area (Å²) in [6.45, 7) is 28.7. The highest BCUT2D eigenvalue weighted by Gasteiger charge is 2.03. The third-order valence-electron chi connectivity index (χ3n) is 5.23. The second kappa shape index (κ2) is 21.6. The van der Waals surface area contributed by atoms with E-state index in [4.69, 9.17) is 0 Å². The molecule has 0 bridgehead atoms. The fraction of sp³-hybridized carbons (Fsp3) is 0.424. The van der Waals surface area contributed by atoms with Crippen LogP contribution in [0.4, 0.5) is 5.69 Å². The molecule has 0 fully saturated rings. The van der Waals surface area contributed by atoms with Crippen molar-refractivity contribution >= 4 is 18.0 Å². The lowest BCUT2D eigenvalue weighted by atomic mass is 10.0. The van der Waals surface area contributed by atoms with Gasteiger partial charge in [0.25, 0.3) is 0 Å². The van der Waals surface area contributed by atoms with Crippen molar-refractivity contribution in [3.63, 3.8) is 0 Å². The van der Waals surface area contributed by atoms with Crippen LogP contribution in [0.5, 0.6) is 0 Å². The number of imidazole rings is 1. The largest absolute Gasteiger partial charge is 0.392 e. The molecule has 0 unspecified atom stereocenters. The van der Waals surface area contributed by atoms with E-state index in [9.17, 15) is 0 Å². The number of nitrogens with one attached hydrogen (secondary N) is 3. The van der Waals surface area contributed by atoms with Gasteiger partial charge in [0.1, 0.15) is 5.35 Å². The van der Waals surface area contributed by atoms with Crippen molar-refractivity contribution in [3.05, 3.63) is 83.4 Å².